The van der Waals surface area contributed by atoms with E-state index in [1.807, 2.05) is 0 Å². The van der Waals surface area contributed by atoms with Crippen molar-refractivity contribution in [3.05, 3.63) is 0 Å². The number of aliphatic hydroxyl groups is 2. The Morgan fingerprint density at radius 3 is 1.25 bits per heavy atom. The van der Waals surface area contributed by atoms with E-state index in [0.29, 0.717) is 0 Å². The second kappa shape index (κ2) is 6.44. The zero-order chi connectivity index (χ0) is 12.9. The van der Waals surface area contributed by atoms with Gasteiger partial charge in [-0.2, -0.15) is 0 Å². The van der Waals surface area contributed by atoms with Gasteiger partial charge in [-0.15, -0.1) is 0 Å². The fraction of sp³-hybridized carbons (Fsp3) is 0.800. The smallest absolute Gasteiger partial charge is 0.309 e. The van der Waals surface area contributed by atoms with Crippen molar-refractivity contribution in [3.8, 4) is 0 Å². The van der Waals surface area contributed by atoms with Crippen molar-refractivity contribution in [2.24, 2.45) is 11.8 Å². The van der Waals surface area contributed by atoms with E-state index in [1.165, 1.54) is 13.8 Å². The van der Waals surface area contributed by atoms with Gasteiger partial charge in [0.15, 0.2) is 0 Å². The van der Waals surface area contributed by atoms with Gasteiger partial charge in [-0.25, -0.2) is 0 Å². The van der Waals surface area contributed by atoms with E-state index in [9.17, 15) is 19.8 Å². The van der Waals surface area contributed by atoms with Crippen LogP contribution in [0.25, 0.3) is 0 Å². The SMILES string of the molecule is CC(O)[C@@H](CC[C@@H](C(=O)O)C(C)O)C(=O)O. The standard InChI is InChI=1S/C10H18O6/c1-5(11)7(9(13)14)3-4-8(6(2)12)10(15)16/h5-8,11-12H,3-4H2,1-2H3,(H,13,14)(H,15,16)/t5?,6?,7-,8-/m1/s1. The largest absolute Gasteiger partial charge is 0.481 e. The summed E-state index contributed by atoms with van der Waals surface area (Å²) in [4.78, 5) is 21.4. The number of carboxylic acids is 2. The van der Waals surface area contributed by atoms with Gasteiger partial charge in [-0.1, -0.05) is 0 Å². The molecular weight excluding hydrogens is 216 g/mol. The highest BCUT2D eigenvalue weighted by Gasteiger charge is 2.28. The van der Waals surface area contributed by atoms with Crippen molar-refractivity contribution in [2.45, 2.75) is 38.9 Å². The number of carboxylic acid groups (broad SMARTS) is 2. The second-order valence-electron chi connectivity index (χ2n) is 3.95. The van der Waals surface area contributed by atoms with E-state index < -0.39 is 36.0 Å². The van der Waals surface area contributed by atoms with Crippen LogP contribution in [0.1, 0.15) is 26.7 Å². The molecule has 6 nitrogen and oxygen atoms in total. The van der Waals surface area contributed by atoms with Gasteiger partial charge < -0.3 is 20.4 Å². The van der Waals surface area contributed by atoms with E-state index in [-0.39, 0.29) is 12.8 Å². The van der Waals surface area contributed by atoms with Crippen molar-refractivity contribution in [2.75, 3.05) is 0 Å². The van der Waals surface area contributed by atoms with Crippen molar-refractivity contribution in [1.29, 1.82) is 0 Å². The Morgan fingerprint density at radius 1 is 0.875 bits per heavy atom. The molecule has 4 atom stereocenters. The molecule has 0 radical (unpaired) electrons. The summed E-state index contributed by atoms with van der Waals surface area (Å²) in [7, 11) is 0. The zero-order valence-electron chi connectivity index (χ0n) is 9.33. The average Bonchev–Trinajstić information content (AvgIpc) is 2.09. The molecule has 0 aliphatic carbocycles. The Morgan fingerprint density at radius 2 is 1.12 bits per heavy atom. The molecule has 6 heteroatoms. The predicted octanol–water partition coefficient (Wildman–Crippen LogP) is -0.0702. The van der Waals surface area contributed by atoms with E-state index in [1.54, 1.807) is 0 Å². The van der Waals surface area contributed by atoms with E-state index in [0.717, 1.165) is 0 Å². The molecule has 0 spiro atoms. The predicted molar refractivity (Wildman–Crippen MR) is 54.8 cm³/mol. The van der Waals surface area contributed by atoms with Gasteiger partial charge in [0.05, 0.1) is 24.0 Å². The normalized spacial score (nSPS) is 18.5. The Bertz CT molecular complexity index is 222. The van der Waals surface area contributed by atoms with E-state index in [4.69, 9.17) is 10.2 Å². The Balaban J connectivity index is 4.38. The Hall–Kier alpha value is -1.14. The lowest BCUT2D eigenvalue weighted by molar-refractivity contribution is -0.149. The first-order valence-corrected chi connectivity index (χ1v) is 5.09. The molecule has 0 fully saturated rings. The molecule has 0 aromatic carbocycles. The highest BCUT2D eigenvalue weighted by atomic mass is 16.4. The molecule has 0 heterocycles. The van der Waals surface area contributed by atoms with Crippen molar-refractivity contribution in [3.63, 3.8) is 0 Å². The molecule has 0 aliphatic heterocycles. The second-order valence-corrected chi connectivity index (χ2v) is 3.95. The maximum absolute atomic E-state index is 10.7. The van der Waals surface area contributed by atoms with Crippen molar-refractivity contribution < 1.29 is 30.0 Å². The van der Waals surface area contributed by atoms with Gasteiger partial charge >= 0.3 is 11.9 Å². The van der Waals surface area contributed by atoms with E-state index >= 15 is 0 Å². The lowest BCUT2D eigenvalue weighted by Crippen LogP contribution is -2.30. The number of hydrogen-bond donors (Lipinski definition) is 4. The molecule has 0 saturated heterocycles. The van der Waals surface area contributed by atoms with Crippen LogP contribution in [0.2, 0.25) is 0 Å². The highest BCUT2D eigenvalue weighted by Crippen LogP contribution is 2.19. The third-order valence-corrected chi connectivity index (χ3v) is 2.59. The number of carbonyl (C=O) groups is 2. The van der Waals surface area contributed by atoms with Gasteiger partial charge in [-0.05, 0) is 26.7 Å². The third kappa shape index (κ3) is 4.59. The number of aliphatic hydroxyl groups excluding tert-OH is 2. The first kappa shape index (κ1) is 14.9. The Kier molecular flexibility index (Phi) is 5.98. The third-order valence-electron chi connectivity index (χ3n) is 2.59. The molecule has 0 rings (SSSR count). The van der Waals surface area contributed by atoms with E-state index in [2.05, 4.69) is 0 Å². The zero-order valence-corrected chi connectivity index (χ0v) is 9.33. The van der Waals surface area contributed by atoms with Gasteiger partial charge in [0, 0.05) is 0 Å². The van der Waals surface area contributed by atoms with Crippen LogP contribution in [0.15, 0.2) is 0 Å². The van der Waals surface area contributed by atoms with Crippen LogP contribution in [-0.4, -0.2) is 44.6 Å². The molecule has 2 unspecified atom stereocenters. The Labute approximate surface area is 93.5 Å². The summed E-state index contributed by atoms with van der Waals surface area (Å²) in [5, 5.41) is 35.9. The molecule has 4 N–H and O–H groups in total. The summed E-state index contributed by atoms with van der Waals surface area (Å²) < 4.78 is 0. The molecule has 0 aromatic heterocycles. The summed E-state index contributed by atoms with van der Waals surface area (Å²) >= 11 is 0. The average molecular weight is 234 g/mol. The minimum atomic E-state index is -1.16. The van der Waals surface area contributed by atoms with Crippen LogP contribution in [0.5, 0.6) is 0 Å². The molecule has 0 bridgehead atoms. The summed E-state index contributed by atoms with van der Waals surface area (Å²) in [5.74, 6) is -4.32. The lowest BCUT2D eigenvalue weighted by Gasteiger charge is -2.19. The van der Waals surface area contributed by atoms with Gasteiger partial charge in [0.1, 0.15) is 0 Å². The minimum Gasteiger partial charge on any atom is -0.481 e. The summed E-state index contributed by atoms with van der Waals surface area (Å²) in [6, 6.07) is 0. The molecule has 94 valence electrons. The lowest BCUT2D eigenvalue weighted by atomic mass is 9.90. The van der Waals surface area contributed by atoms with Crippen molar-refractivity contribution in [1.82, 2.24) is 0 Å². The quantitative estimate of drug-likeness (QED) is 0.490. The van der Waals surface area contributed by atoms with Gasteiger partial charge in [0.25, 0.3) is 0 Å². The molecule has 16 heavy (non-hydrogen) atoms. The van der Waals surface area contributed by atoms with Gasteiger partial charge in [-0.3, -0.25) is 9.59 Å². The topological polar surface area (TPSA) is 115 Å². The molecule has 0 saturated carbocycles. The number of rotatable bonds is 7. The molecular formula is C10H18O6. The number of hydrogen-bond acceptors (Lipinski definition) is 4. The first-order valence-electron chi connectivity index (χ1n) is 5.09. The van der Waals surface area contributed by atoms with Gasteiger partial charge in [0.2, 0.25) is 0 Å². The number of aliphatic carboxylic acids is 2. The maximum Gasteiger partial charge on any atom is 0.309 e. The maximum atomic E-state index is 10.7. The first-order chi connectivity index (χ1) is 7.27. The fourth-order valence-electron chi connectivity index (χ4n) is 1.50. The summed E-state index contributed by atoms with van der Waals surface area (Å²) in [5.41, 5.74) is 0. The summed E-state index contributed by atoms with van der Waals surface area (Å²) in [6.07, 6.45) is -2.04. The summed E-state index contributed by atoms with van der Waals surface area (Å²) in [6.45, 7) is 2.69. The van der Waals surface area contributed by atoms with Crippen LogP contribution in [0.3, 0.4) is 0 Å². The molecule has 0 aromatic rings. The van der Waals surface area contributed by atoms with Crippen molar-refractivity contribution >= 4 is 11.9 Å². The minimum absolute atomic E-state index is 0.0227. The molecule has 0 amide bonds. The van der Waals surface area contributed by atoms with Crippen LogP contribution < -0.4 is 0 Å². The van der Waals surface area contributed by atoms with Crippen LogP contribution >= 0.6 is 0 Å². The highest BCUT2D eigenvalue weighted by molar-refractivity contribution is 5.72. The van der Waals surface area contributed by atoms with Crippen LogP contribution in [0, 0.1) is 11.8 Å². The van der Waals surface area contributed by atoms with Crippen LogP contribution in [0.4, 0.5) is 0 Å². The monoisotopic (exact) mass is 234 g/mol. The fourth-order valence-corrected chi connectivity index (χ4v) is 1.50. The molecule has 0 aliphatic rings. The van der Waals surface area contributed by atoms with Crippen LogP contribution in [-0.2, 0) is 9.59 Å².